The van der Waals surface area contributed by atoms with Crippen LogP contribution >= 0.6 is 0 Å². The van der Waals surface area contributed by atoms with Crippen LogP contribution in [-0.2, 0) is 5.41 Å². The maximum absolute atomic E-state index is 5.00. The molecule has 220 valence electrons. The summed E-state index contributed by atoms with van der Waals surface area (Å²) < 4.78 is 0. The second kappa shape index (κ2) is 11.2. The highest BCUT2D eigenvalue weighted by Gasteiger charge is 2.36. The molecule has 0 radical (unpaired) electrons. The average Bonchev–Trinajstić information content (AvgIpc) is 3.35. The lowest BCUT2D eigenvalue weighted by Crippen LogP contribution is -2.16. The van der Waals surface area contributed by atoms with Crippen LogP contribution in [0.5, 0.6) is 0 Å². The van der Waals surface area contributed by atoms with Crippen LogP contribution in [-0.4, -0.2) is 15.0 Å². The minimum absolute atomic E-state index is 0.229. The minimum Gasteiger partial charge on any atom is -0.310 e. The SMILES string of the molecule is CC1(C)c2cc(-c3nc(-c4ccccc4)nc(-c4ccccc4)n3)ccc2-c2ccc(N(c3ccccc3)c3ccccc3)cc21. The lowest BCUT2D eigenvalue weighted by atomic mass is 9.81. The van der Waals surface area contributed by atoms with Crippen molar-refractivity contribution in [2.75, 3.05) is 4.90 Å². The number of hydrogen-bond acceptors (Lipinski definition) is 4. The van der Waals surface area contributed by atoms with Crippen molar-refractivity contribution in [1.29, 1.82) is 0 Å². The highest BCUT2D eigenvalue weighted by atomic mass is 15.1. The third-order valence-electron chi connectivity index (χ3n) is 8.90. The van der Waals surface area contributed by atoms with Crippen LogP contribution in [0.25, 0.3) is 45.3 Å². The van der Waals surface area contributed by atoms with Crippen LogP contribution in [0.15, 0.2) is 158 Å². The lowest BCUT2D eigenvalue weighted by molar-refractivity contribution is 0.660. The molecule has 0 spiro atoms. The Labute approximate surface area is 269 Å². The van der Waals surface area contributed by atoms with E-state index >= 15 is 0 Å². The highest BCUT2D eigenvalue weighted by Crippen LogP contribution is 2.51. The zero-order valence-electron chi connectivity index (χ0n) is 25.8. The highest BCUT2D eigenvalue weighted by molar-refractivity contribution is 5.87. The van der Waals surface area contributed by atoms with Crippen LogP contribution in [0.3, 0.4) is 0 Å². The van der Waals surface area contributed by atoms with Crippen molar-refractivity contribution in [3.8, 4) is 45.3 Å². The summed E-state index contributed by atoms with van der Waals surface area (Å²) in [6.07, 6.45) is 0. The average molecular weight is 593 g/mol. The van der Waals surface area contributed by atoms with Crippen LogP contribution in [0.2, 0.25) is 0 Å². The largest absolute Gasteiger partial charge is 0.310 e. The molecule has 4 heteroatoms. The minimum atomic E-state index is -0.229. The first-order chi connectivity index (χ1) is 22.6. The Hall–Kier alpha value is -5.87. The standard InChI is InChI=1S/C42H32N4/c1-42(2)37-27-31(41-44-39(29-15-7-3-8-16-29)43-40(45-41)30-17-9-4-10-18-30)23-25-35(37)36-26-24-34(28-38(36)42)46(32-19-11-5-12-20-32)33-21-13-6-14-22-33/h3-28H,1-2H3. The topological polar surface area (TPSA) is 41.9 Å². The number of fused-ring (bicyclic) bond motifs is 3. The molecule has 6 aromatic carbocycles. The molecule has 1 aliphatic carbocycles. The van der Waals surface area contributed by atoms with Crippen LogP contribution in [0.4, 0.5) is 17.1 Å². The van der Waals surface area contributed by atoms with Crippen molar-refractivity contribution in [2.45, 2.75) is 19.3 Å². The number of aromatic nitrogens is 3. The Kier molecular flexibility index (Phi) is 6.76. The zero-order valence-corrected chi connectivity index (χ0v) is 25.8. The van der Waals surface area contributed by atoms with Crippen molar-refractivity contribution < 1.29 is 0 Å². The van der Waals surface area contributed by atoms with Gasteiger partial charge in [0.1, 0.15) is 0 Å². The van der Waals surface area contributed by atoms with Crippen molar-refractivity contribution in [3.05, 3.63) is 169 Å². The molecule has 1 heterocycles. The van der Waals surface area contributed by atoms with Crippen LogP contribution in [0.1, 0.15) is 25.0 Å². The molecular weight excluding hydrogens is 560 g/mol. The molecule has 4 nitrogen and oxygen atoms in total. The molecule has 0 saturated heterocycles. The Morgan fingerprint density at radius 2 is 0.804 bits per heavy atom. The van der Waals surface area contributed by atoms with E-state index in [2.05, 4.69) is 116 Å². The van der Waals surface area contributed by atoms with Gasteiger partial charge in [-0.15, -0.1) is 0 Å². The summed E-state index contributed by atoms with van der Waals surface area (Å²) in [6, 6.07) is 54.9. The molecule has 0 atom stereocenters. The van der Waals surface area contributed by atoms with E-state index in [0.717, 1.165) is 33.8 Å². The summed E-state index contributed by atoms with van der Waals surface area (Å²) in [4.78, 5) is 17.2. The molecule has 0 aliphatic heterocycles. The molecule has 0 amide bonds. The second-order valence-electron chi connectivity index (χ2n) is 12.2. The summed E-state index contributed by atoms with van der Waals surface area (Å²) in [5, 5.41) is 0. The van der Waals surface area contributed by atoms with E-state index in [0.29, 0.717) is 17.5 Å². The second-order valence-corrected chi connectivity index (χ2v) is 12.2. The molecule has 0 saturated carbocycles. The third-order valence-corrected chi connectivity index (χ3v) is 8.90. The van der Waals surface area contributed by atoms with Gasteiger partial charge in [-0.05, 0) is 64.7 Å². The predicted molar refractivity (Wildman–Crippen MR) is 188 cm³/mol. The van der Waals surface area contributed by atoms with E-state index in [1.54, 1.807) is 0 Å². The predicted octanol–water partition coefficient (Wildman–Crippen LogP) is 10.6. The smallest absolute Gasteiger partial charge is 0.164 e. The molecule has 0 N–H and O–H groups in total. The van der Waals surface area contributed by atoms with Gasteiger partial charge in [-0.1, -0.05) is 129 Å². The fourth-order valence-electron chi connectivity index (χ4n) is 6.54. The van der Waals surface area contributed by atoms with Crippen molar-refractivity contribution in [1.82, 2.24) is 15.0 Å². The van der Waals surface area contributed by atoms with Gasteiger partial charge in [0.25, 0.3) is 0 Å². The Morgan fingerprint density at radius 3 is 1.30 bits per heavy atom. The number of anilines is 3. The molecule has 1 aliphatic rings. The van der Waals surface area contributed by atoms with Gasteiger partial charge in [0.05, 0.1) is 0 Å². The van der Waals surface area contributed by atoms with Gasteiger partial charge in [0.15, 0.2) is 17.5 Å². The molecule has 8 rings (SSSR count). The summed E-state index contributed by atoms with van der Waals surface area (Å²) in [6.45, 7) is 4.64. The number of benzene rings is 6. The number of rotatable bonds is 6. The van der Waals surface area contributed by atoms with E-state index < -0.39 is 0 Å². The zero-order chi connectivity index (χ0) is 31.1. The lowest BCUT2D eigenvalue weighted by Gasteiger charge is -2.28. The van der Waals surface area contributed by atoms with E-state index in [1.165, 1.54) is 22.3 Å². The van der Waals surface area contributed by atoms with Gasteiger partial charge in [0, 0.05) is 39.2 Å². The third kappa shape index (κ3) is 4.85. The normalized spacial score (nSPS) is 12.7. The van der Waals surface area contributed by atoms with Gasteiger partial charge in [-0.2, -0.15) is 0 Å². The summed E-state index contributed by atoms with van der Waals surface area (Å²) >= 11 is 0. The van der Waals surface area contributed by atoms with Gasteiger partial charge >= 0.3 is 0 Å². The van der Waals surface area contributed by atoms with Crippen molar-refractivity contribution in [2.24, 2.45) is 0 Å². The molecule has 1 aromatic heterocycles. The molecule has 0 fully saturated rings. The van der Waals surface area contributed by atoms with Crippen molar-refractivity contribution >= 4 is 17.1 Å². The quantitative estimate of drug-likeness (QED) is 0.193. The maximum atomic E-state index is 5.00. The van der Waals surface area contributed by atoms with Gasteiger partial charge in [-0.25, -0.2) is 15.0 Å². The monoisotopic (exact) mass is 592 g/mol. The van der Waals surface area contributed by atoms with Gasteiger partial charge < -0.3 is 4.90 Å². The molecule has 7 aromatic rings. The number of hydrogen-bond donors (Lipinski definition) is 0. The molecule has 0 bridgehead atoms. The number of para-hydroxylation sites is 2. The Morgan fingerprint density at radius 1 is 0.391 bits per heavy atom. The first-order valence-electron chi connectivity index (χ1n) is 15.6. The summed E-state index contributed by atoms with van der Waals surface area (Å²) in [7, 11) is 0. The van der Waals surface area contributed by atoms with E-state index in [1.807, 2.05) is 60.7 Å². The van der Waals surface area contributed by atoms with Crippen LogP contribution < -0.4 is 4.90 Å². The Bertz CT molecular complexity index is 2060. The fraction of sp³-hybridized carbons (Fsp3) is 0.0714. The summed E-state index contributed by atoms with van der Waals surface area (Å²) in [5.74, 6) is 2.00. The Balaban J connectivity index is 1.23. The first-order valence-corrected chi connectivity index (χ1v) is 15.6. The fourth-order valence-corrected chi connectivity index (χ4v) is 6.54. The number of nitrogens with zero attached hydrogens (tertiary/aromatic N) is 4. The maximum Gasteiger partial charge on any atom is 0.164 e. The van der Waals surface area contributed by atoms with E-state index in [9.17, 15) is 0 Å². The van der Waals surface area contributed by atoms with Crippen molar-refractivity contribution in [3.63, 3.8) is 0 Å². The van der Waals surface area contributed by atoms with Crippen LogP contribution in [0, 0.1) is 0 Å². The van der Waals surface area contributed by atoms with E-state index in [-0.39, 0.29) is 5.41 Å². The molecule has 46 heavy (non-hydrogen) atoms. The summed E-state index contributed by atoms with van der Waals surface area (Å²) in [5.41, 5.74) is 11.2. The van der Waals surface area contributed by atoms with E-state index in [4.69, 9.17) is 15.0 Å². The van der Waals surface area contributed by atoms with Gasteiger partial charge in [-0.3, -0.25) is 0 Å². The molecule has 0 unspecified atom stereocenters. The van der Waals surface area contributed by atoms with Gasteiger partial charge in [0.2, 0.25) is 0 Å². The first kappa shape index (κ1) is 27.7. The molecular formula is C42H32N4.